The van der Waals surface area contributed by atoms with Crippen LogP contribution in [0.1, 0.15) is 68.4 Å². The fraction of sp³-hybridized carbons (Fsp3) is 0.448. The first-order valence-electron chi connectivity index (χ1n) is 13.0. The lowest BCUT2D eigenvalue weighted by Gasteiger charge is -2.30. The number of hydrogen-bond acceptors (Lipinski definition) is 6. The number of unbranched alkanes of at least 4 members (excludes halogenated alkanes) is 4. The number of aromatic amines is 1. The van der Waals surface area contributed by atoms with Crippen LogP contribution in [0.25, 0.3) is 11.1 Å². The molecule has 0 radical (unpaired) electrons. The number of hydrogen-bond donors (Lipinski definition) is 3. The van der Waals surface area contributed by atoms with Crippen molar-refractivity contribution in [2.75, 3.05) is 13.2 Å². The van der Waals surface area contributed by atoms with Crippen molar-refractivity contribution in [3.05, 3.63) is 72.1 Å². The van der Waals surface area contributed by atoms with Crippen molar-refractivity contribution in [3.63, 3.8) is 0 Å². The Morgan fingerprint density at radius 3 is 2.38 bits per heavy atom. The smallest absolute Gasteiger partial charge is 0.314 e. The molecule has 8 nitrogen and oxygen atoms in total. The van der Waals surface area contributed by atoms with E-state index < -0.39 is 23.3 Å². The third-order valence-corrected chi connectivity index (χ3v) is 6.55. The first-order chi connectivity index (χ1) is 17.9. The van der Waals surface area contributed by atoms with E-state index in [0.717, 1.165) is 42.4 Å². The van der Waals surface area contributed by atoms with Crippen molar-refractivity contribution < 1.29 is 19.4 Å². The van der Waals surface area contributed by atoms with Crippen LogP contribution >= 0.6 is 0 Å². The summed E-state index contributed by atoms with van der Waals surface area (Å²) in [6.45, 7) is 3.78. The molecule has 0 aliphatic heterocycles. The first kappa shape index (κ1) is 28.1. The molecule has 0 spiro atoms. The summed E-state index contributed by atoms with van der Waals surface area (Å²) < 4.78 is 5.53. The lowest BCUT2D eigenvalue weighted by molar-refractivity contribution is -0.158. The summed E-state index contributed by atoms with van der Waals surface area (Å²) in [5, 5.41) is 23.1. The molecule has 0 unspecified atom stereocenters. The zero-order valence-corrected chi connectivity index (χ0v) is 21.8. The number of aliphatic hydroxyl groups is 1. The summed E-state index contributed by atoms with van der Waals surface area (Å²) in [6, 6.07) is 17.8. The zero-order valence-electron chi connectivity index (χ0n) is 21.8. The highest BCUT2D eigenvalue weighted by atomic mass is 16.5. The lowest BCUT2D eigenvalue weighted by atomic mass is 9.82. The van der Waals surface area contributed by atoms with E-state index in [1.54, 1.807) is 6.92 Å². The van der Waals surface area contributed by atoms with Crippen LogP contribution < -0.4 is 5.32 Å². The van der Waals surface area contributed by atoms with Crippen molar-refractivity contribution in [3.8, 4) is 11.1 Å². The van der Waals surface area contributed by atoms with Crippen molar-refractivity contribution in [1.82, 2.24) is 20.7 Å². The largest absolute Gasteiger partial charge is 0.465 e. The molecule has 0 aliphatic carbocycles. The summed E-state index contributed by atoms with van der Waals surface area (Å²) >= 11 is 0. The van der Waals surface area contributed by atoms with Gasteiger partial charge in [0.1, 0.15) is 0 Å². The van der Waals surface area contributed by atoms with Crippen LogP contribution in [0.5, 0.6) is 0 Å². The van der Waals surface area contributed by atoms with Crippen LogP contribution in [0.15, 0.2) is 60.8 Å². The molecule has 2 atom stereocenters. The van der Waals surface area contributed by atoms with Crippen LogP contribution in [0, 0.1) is 5.41 Å². The second-order valence-corrected chi connectivity index (χ2v) is 9.77. The van der Waals surface area contributed by atoms with Gasteiger partial charge in [0.15, 0.2) is 5.69 Å². The molecule has 3 N–H and O–H groups in total. The van der Waals surface area contributed by atoms with E-state index in [1.807, 2.05) is 42.5 Å². The Morgan fingerprint density at radius 1 is 1.03 bits per heavy atom. The topological polar surface area (TPSA) is 117 Å². The number of rotatable bonds is 15. The van der Waals surface area contributed by atoms with Gasteiger partial charge in [0.05, 0.1) is 24.8 Å². The van der Waals surface area contributed by atoms with E-state index in [-0.39, 0.29) is 18.7 Å². The number of amides is 1. The van der Waals surface area contributed by atoms with Gasteiger partial charge in [-0.1, -0.05) is 92.4 Å². The number of aromatic nitrogens is 3. The molecule has 0 fully saturated rings. The second kappa shape index (κ2) is 14.3. The number of carbonyl (C=O) groups excluding carboxylic acids is 2. The Balaban J connectivity index is 1.69. The summed E-state index contributed by atoms with van der Waals surface area (Å²) in [7, 11) is 0. The van der Waals surface area contributed by atoms with Crippen LogP contribution in [-0.2, 0) is 16.0 Å². The van der Waals surface area contributed by atoms with Gasteiger partial charge in [-0.25, -0.2) is 0 Å². The maximum atomic E-state index is 13.0. The molecule has 1 aromatic heterocycles. The SMILES string of the molecule is CCCCCCCOC(=O)[C@](C)(CO)C[C@@H](Cc1ccc(-c2ccccc2)cc1)NC(=O)c1c[nH]nn1. The van der Waals surface area contributed by atoms with Crippen molar-refractivity contribution in [1.29, 1.82) is 0 Å². The molecule has 1 amide bonds. The van der Waals surface area contributed by atoms with Crippen molar-refractivity contribution >= 4 is 11.9 Å². The molecule has 0 saturated heterocycles. The number of aliphatic hydroxyl groups excluding tert-OH is 1. The van der Waals surface area contributed by atoms with Crippen molar-refractivity contribution in [2.24, 2.45) is 5.41 Å². The molecule has 0 aliphatic rings. The Hall–Kier alpha value is -3.52. The fourth-order valence-corrected chi connectivity index (χ4v) is 4.30. The fourth-order valence-electron chi connectivity index (χ4n) is 4.30. The third kappa shape index (κ3) is 8.53. The number of nitrogens with one attached hydrogen (secondary N) is 2. The summed E-state index contributed by atoms with van der Waals surface area (Å²) in [5.74, 6) is -0.852. The molecule has 37 heavy (non-hydrogen) atoms. The highest BCUT2D eigenvalue weighted by molar-refractivity contribution is 5.92. The van der Waals surface area contributed by atoms with Gasteiger partial charge in [0, 0.05) is 6.04 Å². The predicted octanol–water partition coefficient (Wildman–Crippen LogP) is 4.72. The second-order valence-electron chi connectivity index (χ2n) is 9.77. The van der Waals surface area contributed by atoms with Crippen LogP contribution in [0.2, 0.25) is 0 Å². The van der Waals surface area contributed by atoms with E-state index in [4.69, 9.17) is 4.74 Å². The standard InChI is InChI=1S/C29H38N4O4/c1-3-4-5-6-10-17-37-28(36)29(2,21-34)19-25(31-27(35)26-20-30-33-32-26)18-22-13-15-24(16-14-22)23-11-8-7-9-12-23/h7-9,11-16,20,25,34H,3-6,10,17-19,21H2,1-2H3,(H,31,35)(H,30,32,33)/t25-,29+/m1/s1. The Labute approximate surface area is 218 Å². The van der Waals surface area contributed by atoms with Gasteiger partial charge in [-0.2, -0.15) is 0 Å². The van der Waals surface area contributed by atoms with Crippen LogP contribution in [-0.4, -0.2) is 51.6 Å². The molecule has 3 aromatic rings. The molecule has 8 heteroatoms. The van der Waals surface area contributed by atoms with E-state index in [1.165, 1.54) is 12.6 Å². The summed E-state index contributed by atoms with van der Waals surface area (Å²) in [5.41, 5.74) is 2.21. The van der Waals surface area contributed by atoms with Crippen LogP contribution in [0.4, 0.5) is 0 Å². The number of ether oxygens (including phenoxy) is 1. The average molecular weight is 507 g/mol. The molecular formula is C29H38N4O4. The highest BCUT2D eigenvalue weighted by Gasteiger charge is 2.37. The minimum atomic E-state index is -1.16. The van der Waals surface area contributed by atoms with Gasteiger partial charge in [-0.3, -0.25) is 14.7 Å². The molecule has 0 bridgehead atoms. The summed E-state index contributed by atoms with van der Waals surface area (Å²) in [6.07, 6.45) is 7.34. The van der Waals surface area contributed by atoms with E-state index >= 15 is 0 Å². The Bertz CT molecular complexity index is 1090. The molecule has 2 aromatic carbocycles. The lowest BCUT2D eigenvalue weighted by Crippen LogP contribution is -2.44. The zero-order chi connectivity index (χ0) is 26.5. The monoisotopic (exact) mass is 506 g/mol. The number of benzene rings is 2. The van der Waals surface area contributed by atoms with Gasteiger partial charge in [0.25, 0.3) is 5.91 Å². The molecule has 3 rings (SSSR count). The maximum absolute atomic E-state index is 13.0. The number of H-pyrrole nitrogens is 1. The average Bonchev–Trinajstić information content (AvgIpc) is 3.47. The highest BCUT2D eigenvalue weighted by Crippen LogP contribution is 2.27. The summed E-state index contributed by atoms with van der Waals surface area (Å²) in [4.78, 5) is 25.7. The Morgan fingerprint density at radius 2 is 1.73 bits per heavy atom. The number of esters is 1. The van der Waals surface area contributed by atoms with Gasteiger partial charge >= 0.3 is 5.97 Å². The molecule has 0 saturated carbocycles. The number of carbonyl (C=O) groups is 2. The van der Waals surface area contributed by atoms with Gasteiger partial charge in [-0.05, 0) is 42.9 Å². The molecule has 198 valence electrons. The Kier molecular flexibility index (Phi) is 10.8. The van der Waals surface area contributed by atoms with Gasteiger partial charge < -0.3 is 15.2 Å². The molecule has 1 heterocycles. The normalized spacial score (nSPS) is 13.5. The maximum Gasteiger partial charge on any atom is 0.314 e. The minimum Gasteiger partial charge on any atom is -0.465 e. The van der Waals surface area contributed by atoms with E-state index in [2.05, 4.69) is 39.8 Å². The van der Waals surface area contributed by atoms with E-state index in [9.17, 15) is 14.7 Å². The van der Waals surface area contributed by atoms with Gasteiger partial charge in [-0.15, -0.1) is 5.10 Å². The number of nitrogens with zero attached hydrogens (tertiary/aromatic N) is 2. The van der Waals surface area contributed by atoms with Crippen molar-refractivity contribution in [2.45, 2.75) is 64.8 Å². The van der Waals surface area contributed by atoms with Gasteiger partial charge in [0.2, 0.25) is 0 Å². The predicted molar refractivity (Wildman–Crippen MR) is 143 cm³/mol. The third-order valence-electron chi connectivity index (χ3n) is 6.55. The molecular weight excluding hydrogens is 468 g/mol. The minimum absolute atomic E-state index is 0.157. The van der Waals surface area contributed by atoms with E-state index in [0.29, 0.717) is 13.0 Å². The van der Waals surface area contributed by atoms with Crippen LogP contribution in [0.3, 0.4) is 0 Å². The first-order valence-corrected chi connectivity index (χ1v) is 13.0. The quantitative estimate of drug-likeness (QED) is 0.203.